The number of fused-ring (bicyclic) bond motifs is 1. The third kappa shape index (κ3) is 6.19. The number of ketones is 1. The van der Waals surface area contributed by atoms with Crippen LogP contribution in [0.1, 0.15) is 95.1 Å². The van der Waals surface area contributed by atoms with E-state index >= 15 is 0 Å². The number of aliphatic carboxylic acids is 1. The zero-order valence-corrected chi connectivity index (χ0v) is 26.2. The molecule has 1 saturated heterocycles. The van der Waals surface area contributed by atoms with Gasteiger partial charge in [-0.2, -0.15) is 5.10 Å². The summed E-state index contributed by atoms with van der Waals surface area (Å²) in [6.45, 7) is 10.7. The van der Waals surface area contributed by atoms with Crippen LogP contribution in [0.15, 0.2) is 30.5 Å². The summed E-state index contributed by atoms with van der Waals surface area (Å²) in [5.74, 6) is -1.76. The highest BCUT2D eigenvalue weighted by Crippen LogP contribution is 2.39. The minimum absolute atomic E-state index is 0.00865. The van der Waals surface area contributed by atoms with Gasteiger partial charge in [0.25, 0.3) is 5.91 Å². The summed E-state index contributed by atoms with van der Waals surface area (Å²) in [5, 5.41) is 14.1. The van der Waals surface area contributed by atoms with Crippen molar-refractivity contribution in [3.8, 4) is 11.3 Å². The Balaban J connectivity index is 1.40. The molecule has 1 aliphatic heterocycles. The molecule has 0 spiro atoms. The van der Waals surface area contributed by atoms with Crippen LogP contribution >= 0.6 is 11.6 Å². The number of aromatic nitrogens is 3. The van der Waals surface area contributed by atoms with Crippen molar-refractivity contribution in [1.29, 1.82) is 0 Å². The normalized spacial score (nSPS) is 24.2. The summed E-state index contributed by atoms with van der Waals surface area (Å²) in [7, 11) is 0. The van der Waals surface area contributed by atoms with E-state index in [1.165, 1.54) is 12.1 Å². The number of hydrogen-bond acceptors (Lipinski definition) is 5. The first-order valence-corrected chi connectivity index (χ1v) is 15.6. The van der Waals surface area contributed by atoms with E-state index in [2.05, 4.69) is 6.92 Å². The highest BCUT2D eigenvalue weighted by molar-refractivity contribution is 6.31. The number of imidazole rings is 1. The number of benzene rings is 1. The molecule has 5 rings (SSSR count). The predicted molar refractivity (Wildman–Crippen MR) is 163 cm³/mol. The Kier molecular flexibility index (Phi) is 8.67. The summed E-state index contributed by atoms with van der Waals surface area (Å²) >= 11 is 6.04. The van der Waals surface area contributed by atoms with Crippen LogP contribution in [0, 0.1) is 29.5 Å². The van der Waals surface area contributed by atoms with Gasteiger partial charge in [0, 0.05) is 35.0 Å². The number of carbonyl (C=O) groups excluding carboxylic acids is 2. The molecule has 2 unspecified atom stereocenters. The molecular weight excluding hydrogens is 571 g/mol. The molecule has 43 heavy (non-hydrogen) atoms. The van der Waals surface area contributed by atoms with Gasteiger partial charge in [-0.25, -0.2) is 13.9 Å². The number of likely N-dealkylation sites (tertiary alicyclic amines) is 1. The van der Waals surface area contributed by atoms with E-state index in [1.807, 2.05) is 38.7 Å². The Morgan fingerprint density at radius 1 is 1.07 bits per heavy atom. The van der Waals surface area contributed by atoms with Crippen molar-refractivity contribution < 1.29 is 23.9 Å². The maximum absolute atomic E-state index is 14.1. The lowest BCUT2D eigenvalue weighted by molar-refractivity contribution is -0.144. The van der Waals surface area contributed by atoms with Crippen molar-refractivity contribution >= 4 is 34.9 Å². The van der Waals surface area contributed by atoms with Crippen molar-refractivity contribution in [2.75, 3.05) is 6.54 Å². The van der Waals surface area contributed by atoms with Gasteiger partial charge >= 0.3 is 5.97 Å². The van der Waals surface area contributed by atoms with Gasteiger partial charge in [0.15, 0.2) is 5.65 Å². The largest absolute Gasteiger partial charge is 0.481 e. The van der Waals surface area contributed by atoms with Crippen LogP contribution in [0.25, 0.3) is 16.9 Å². The molecule has 0 radical (unpaired) electrons. The van der Waals surface area contributed by atoms with Gasteiger partial charge in [-0.3, -0.25) is 14.4 Å². The van der Waals surface area contributed by atoms with Crippen molar-refractivity contribution in [3.05, 3.63) is 52.6 Å². The first kappa shape index (κ1) is 31.1. The fourth-order valence-corrected chi connectivity index (χ4v) is 7.27. The highest BCUT2D eigenvalue weighted by Gasteiger charge is 2.43. The number of carboxylic acids is 1. The predicted octanol–water partition coefficient (Wildman–Crippen LogP) is 7.04. The molecular formula is C33H40ClFN4O4. The van der Waals surface area contributed by atoms with E-state index < -0.39 is 17.3 Å². The Bertz CT molecular complexity index is 1560. The van der Waals surface area contributed by atoms with Crippen LogP contribution in [0.5, 0.6) is 0 Å². The lowest BCUT2D eigenvalue weighted by Crippen LogP contribution is -2.47. The number of hydrogen-bond donors (Lipinski definition) is 1. The van der Waals surface area contributed by atoms with Crippen LogP contribution in [0.3, 0.4) is 0 Å². The molecule has 8 nitrogen and oxygen atoms in total. The van der Waals surface area contributed by atoms with Gasteiger partial charge in [-0.15, -0.1) is 0 Å². The van der Waals surface area contributed by atoms with E-state index in [-0.39, 0.29) is 52.0 Å². The molecule has 1 saturated carbocycles. The first-order chi connectivity index (χ1) is 20.3. The Hall–Kier alpha value is -3.33. The number of carbonyl (C=O) groups is 3. The summed E-state index contributed by atoms with van der Waals surface area (Å²) in [4.78, 5) is 45.7. The maximum atomic E-state index is 14.1. The molecule has 0 bridgehead atoms. The fourth-order valence-electron chi connectivity index (χ4n) is 7.09. The van der Waals surface area contributed by atoms with Crippen LogP contribution in [-0.4, -0.2) is 54.3 Å². The van der Waals surface area contributed by atoms with Crippen LogP contribution in [-0.2, 0) is 9.59 Å². The second-order valence-corrected chi connectivity index (χ2v) is 13.7. The molecule has 3 heterocycles. The lowest BCUT2D eigenvalue weighted by Gasteiger charge is -2.37. The number of rotatable bonds is 6. The molecule has 2 fully saturated rings. The molecule has 10 heteroatoms. The molecule has 2 aliphatic rings. The van der Waals surface area contributed by atoms with Gasteiger partial charge in [-0.05, 0) is 88.5 Å². The SMILES string of the molecule is CC(C)c1cc(-c2ccc(F)c(Cl)c2)nn2cc(C(=O)N3CCC(C(=O)C4CCC(C(=O)O)CC4)C(C)CC3(C)C)nc12. The summed E-state index contributed by atoms with van der Waals surface area (Å²) in [6, 6.07) is 6.37. The van der Waals surface area contributed by atoms with Gasteiger partial charge in [0.2, 0.25) is 0 Å². The molecule has 230 valence electrons. The van der Waals surface area contributed by atoms with Gasteiger partial charge < -0.3 is 10.0 Å². The molecule has 1 aliphatic carbocycles. The van der Waals surface area contributed by atoms with E-state index in [9.17, 15) is 23.9 Å². The zero-order valence-electron chi connectivity index (χ0n) is 25.4. The number of halogens is 2. The van der Waals surface area contributed by atoms with Crippen LogP contribution < -0.4 is 0 Å². The van der Waals surface area contributed by atoms with Crippen LogP contribution in [0.4, 0.5) is 4.39 Å². The standard InChI is InChI=1S/C33H40ClFN4O4/c1-18(2)24-15-27(22-10-11-26(35)25(34)14-22)37-39-17-28(36-30(24)39)31(41)38-13-12-23(19(3)16-33(38,4)5)29(40)20-6-8-21(9-7-20)32(42)43/h10-11,14-15,17-21,23H,6-9,12-13,16H2,1-5H3,(H,42,43). The van der Waals surface area contributed by atoms with E-state index in [0.717, 1.165) is 5.56 Å². The Morgan fingerprint density at radius 2 is 1.74 bits per heavy atom. The molecule has 1 N–H and O–H groups in total. The second kappa shape index (κ2) is 12.0. The summed E-state index contributed by atoms with van der Waals surface area (Å²) in [5.41, 5.74) is 2.51. The second-order valence-electron chi connectivity index (χ2n) is 13.3. The topological polar surface area (TPSA) is 105 Å². The zero-order chi connectivity index (χ0) is 31.2. The molecule has 2 atom stereocenters. The molecule has 1 aromatic carbocycles. The number of carboxylic acid groups (broad SMARTS) is 1. The number of nitrogens with zero attached hydrogens (tertiary/aromatic N) is 4. The molecule has 1 amide bonds. The van der Waals surface area contributed by atoms with Crippen molar-refractivity contribution in [2.45, 2.75) is 84.6 Å². The van der Waals surface area contributed by atoms with Gasteiger partial charge in [0.05, 0.1) is 22.8 Å². The third-order valence-corrected chi connectivity index (χ3v) is 9.79. The lowest BCUT2D eigenvalue weighted by atomic mass is 9.72. The average Bonchev–Trinajstić information content (AvgIpc) is 3.34. The van der Waals surface area contributed by atoms with Crippen LogP contribution in [0.2, 0.25) is 5.02 Å². The quantitative estimate of drug-likeness (QED) is 0.321. The summed E-state index contributed by atoms with van der Waals surface area (Å²) < 4.78 is 15.4. The van der Waals surface area contributed by atoms with Gasteiger partial charge in [0.1, 0.15) is 17.3 Å². The monoisotopic (exact) mass is 610 g/mol. The maximum Gasteiger partial charge on any atom is 0.306 e. The van der Waals surface area contributed by atoms with E-state index in [1.54, 1.807) is 16.8 Å². The van der Waals surface area contributed by atoms with Crippen molar-refractivity contribution in [1.82, 2.24) is 19.5 Å². The highest BCUT2D eigenvalue weighted by atomic mass is 35.5. The average molecular weight is 611 g/mol. The van der Waals surface area contributed by atoms with Crippen molar-refractivity contribution in [2.24, 2.45) is 23.7 Å². The van der Waals surface area contributed by atoms with E-state index in [4.69, 9.17) is 21.7 Å². The number of amides is 1. The molecule has 2 aromatic heterocycles. The fraction of sp³-hybridized carbons (Fsp3) is 0.545. The summed E-state index contributed by atoms with van der Waals surface area (Å²) in [6.07, 6.45) is 5.18. The Labute approximate surface area is 256 Å². The Morgan fingerprint density at radius 3 is 2.37 bits per heavy atom. The smallest absolute Gasteiger partial charge is 0.306 e. The molecule has 3 aromatic rings. The van der Waals surface area contributed by atoms with Crippen molar-refractivity contribution in [3.63, 3.8) is 0 Å². The number of Topliss-reactive ketones (excluding diaryl/α,β-unsaturated/α-hetero) is 1. The van der Waals surface area contributed by atoms with Gasteiger partial charge in [-0.1, -0.05) is 32.4 Å². The minimum Gasteiger partial charge on any atom is -0.481 e. The van der Waals surface area contributed by atoms with E-state index in [0.29, 0.717) is 62.0 Å². The first-order valence-electron chi connectivity index (χ1n) is 15.2. The third-order valence-electron chi connectivity index (χ3n) is 9.50. The minimum atomic E-state index is -0.775.